The van der Waals surface area contributed by atoms with Crippen LogP contribution in [0.25, 0.3) is 0 Å². The smallest absolute Gasteiger partial charge is 0.236 e. The third-order valence-electron chi connectivity index (χ3n) is 1.50. The Morgan fingerprint density at radius 3 is 2.20 bits per heavy atom. The van der Waals surface area contributed by atoms with Gasteiger partial charge in [0.15, 0.2) is 5.60 Å². The minimum Gasteiger partial charge on any atom is -0.236 e. The van der Waals surface area contributed by atoms with E-state index in [-0.39, 0.29) is 13.0 Å². The molecule has 0 saturated carbocycles. The summed E-state index contributed by atoms with van der Waals surface area (Å²) < 4.78 is 35.8. The molecule has 1 aliphatic rings. The van der Waals surface area contributed by atoms with Crippen LogP contribution in [-0.2, 0) is 9.78 Å². The molecule has 10 heavy (non-hydrogen) atoms. The van der Waals surface area contributed by atoms with Gasteiger partial charge in [0.25, 0.3) is 0 Å². The summed E-state index contributed by atoms with van der Waals surface area (Å²) in [5, 5.41) is 0. The fraction of sp³-hybridized carbons (Fsp3) is 1.00. The van der Waals surface area contributed by atoms with Gasteiger partial charge in [-0.05, 0) is 6.92 Å². The van der Waals surface area contributed by atoms with Gasteiger partial charge in [0, 0.05) is 6.42 Å². The SMILES string of the molecule is CC1(C(F)(F)F)CCOO1. The second-order valence-electron chi connectivity index (χ2n) is 2.38. The Bertz CT molecular complexity index is 125. The Balaban J connectivity index is 2.67. The van der Waals surface area contributed by atoms with Gasteiger partial charge in [0.05, 0.1) is 6.61 Å². The average molecular weight is 156 g/mol. The van der Waals surface area contributed by atoms with Crippen molar-refractivity contribution in [1.82, 2.24) is 0 Å². The molecule has 1 rings (SSSR count). The molecule has 1 saturated heterocycles. The Kier molecular flexibility index (Phi) is 1.64. The molecule has 1 unspecified atom stereocenters. The summed E-state index contributed by atoms with van der Waals surface area (Å²) in [4.78, 5) is 8.25. The van der Waals surface area contributed by atoms with Crippen LogP contribution < -0.4 is 0 Å². The molecule has 0 N–H and O–H groups in total. The molecule has 0 bridgehead atoms. The molecule has 0 aromatic carbocycles. The summed E-state index contributed by atoms with van der Waals surface area (Å²) in [6.07, 6.45) is -4.46. The molecular weight excluding hydrogens is 149 g/mol. The van der Waals surface area contributed by atoms with Crippen LogP contribution in [0, 0.1) is 0 Å². The third-order valence-corrected chi connectivity index (χ3v) is 1.50. The molecule has 1 fully saturated rings. The van der Waals surface area contributed by atoms with Crippen LogP contribution in [-0.4, -0.2) is 18.4 Å². The van der Waals surface area contributed by atoms with Crippen LogP contribution in [0.15, 0.2) is 0 Å². The molecule has 0 spiro atoms. The molecule has 0 radical (unpaired) electrons. The molecule has 1 aliphatic heterocycles. The zero-order chi connectivity index (χ0) is 7.83. The molecule has 1 heterocycles. The largest absolute Gasteiger partial charge is 0.420 e. The lowest BCUT2D eigenvalue weighted by Gasteiger charge is -2.22. The van der Waals surface area contributed by atoms with E-state index >= 15 is 0 Å². The average Bonchev–Trinajstić information content (AvgIpc) is 2.13. The van der Waals surface area contributed by atoms with Gasteiger partial charge in [0.1, 0.15) is 0 Å². The lowest BCUT2D eigenvalue weighted by atomic mass is 10.0. The minimum atomic E-state index is -4.33. The standard InChI is InChI=1S/C5H7F3O2/c1-4(5(6,7)8)2-3-9-10-4/h2-3H2,1H3. The van der Waals surface area contributed by atoms with E-state index in [1.807, 2.05) is 0 Å². The molecule has 0 amide bonds. The first-order valence-electron chi connectivity index (χ1n) is 2.83. The second-order valence-corrected chi connectivity index (χ2v) is 2.38. The third kappa shape index (κ3) is 1.11. The highest BCUT2D eigenvalue weighted by Crippen LogP contribution is 2.39. The van der Waals surface area contributed by atoms with Crippen LogP contribution in [0.5, 0.6) is 0 Å². The normalized spacial score (nSPS) is 34.8. The minimum absolute atomic E-state index is 0.00993. The van der Waals surface area contributed by atoms with E-state index in [1.54, 1.807) is 0 Å². The van der Waals surface area contributed by atoms with E-state index in [0.29, 0.717) is 0 Å². The number of alkyl halides is 3. The summed E-state index contributed by atoms with van der Waals surface area (Å²) in [6.45, 7) is 0.982. The van der Waals surface area contributed by atoms with Gasteiger partial charge in [-0.2, -0.15) is 13.2 Å². The van der Waals surface area contributed by atoms with Gasteiger partial charge >= 0.3 is 6.18 Å². The zero-order valence-corrected chi connectivity index (χ0v) is 5.36. The van der Waals surface area contributed by atoms with Gasteiger partial charge < -0.3 is 0 Å². The number of rotatable bonds is 0. The second kappa shape index (κ2) is 2.10. The Labute approximate surface area is 55.8 Å². The molecule has 5 heteroatoms. The van der Waals surface area contributed by atoms with Crippen molar-refractivity contribution in [2.45, 2.75) is 25.1 Å². The van der Waals surface area contributed by atoms with Crippen LogP contribution >= 0.6 is 0 Å². The van der Waals surface area contributed by atoms with E-state index in [9.17, 15) is 13.2 Å². The van der Waals surface area contributed by atoms with Crippen LogP contribution in [0.2, 0.25) is 0 Å². The summed E-state index contributed by atoms with van der Waals surface area (Å²) in [5.41, 5.74) is -2.09. The van der Waals surface area contributed by atoms with Gasteiger partial charge in [-0.3, -0.25) is 0 Å². The quantitative estimate of drug-likeness (QED) is 0.496. The van der Waals surface area contributed by atoms with Crippen molar-refractivity contribution in [2.75, 3.05) is 6.61 Å². The summed E-state index contributed by atoms with van der Waals surface area (Å²) in [5.74, 6) is 0. The fourth-order valence-corrected chi connectivity index (χ4v) is 0.639. The highest BCUT2D eigenvalue weighted by molar-refractivity contribution is 4.84. The van der Waals surface area contributed by atoms with E-state index < -0.39 is 11.8 Å². The predicted octanol–water partition coefficient (Wildman–Crippen LogP) is 1.66. The number of hydrogen-bond acceptors (Lipinski definition) is 2. The Morgan fingerprint density at radius 2 is 2.00 bits per heavy atom. The van der Waals surface area contributed by atoms with E-state index in [4.69, 9.17) is 0 Å². The zero-order valence-electron chi connectivity index (χ0n) is 5.36. The Morgan fingerprint density at radius 1 is 1.40 bits per heavy atom. The summed E-state index contributed by atoms with van der Waals surface area (Å²) in [6, 6.07) is 0. The maximum Gasteiger partial charge on any atom is 0.420 e. The first kappa shape index (κ1) is 7.81. The van der Waals surface area contributed by atoms with E-state index in [0.717, 1.165) is 6.92 Å². The first-order valence-corrected chi connectivity index (χ1v) is 2.83. The van der Waals surface area contributed by atoms with Crippen molar-refractivity contribution in [1.29, 1.82) is 0 Å². The maximum absolute atomic E-state index is 11.9. The summed E-state index contributed by atoms with van der Waals surface area (Å²) in [7, 11) is 0. The van der Waals surface area contributed by atoms with Crippen molar-refractivity contribution >= 4 is 0 Å². The van der Waals surface area contributed by atoms with Crippen molar-refractivity contribution in [2.24, 2.45) is 0 Å². The van der Waals surface area contributed by atoms with Gasteiger partial charge in [-0.1, -0.05) is 0 Å². The fourth-order valence-electron chi connectivity index (χ4n) is 0.639. The molecule has 0 aliphatic carbocycles. The monoisotopic (exact) mass is 156 g/mol. The van der Waals surface area contributed by atoms with Crippen LogP contribution in [0.3, 0.4) is 0 Å². The van der Waals surface area contributed by atoms with Gasteiger partial charge in [-0.15, -0.1) is 0 Å². The van der Waals surface area contributed by atoms with Crippen LogP contribution in [0.1, 0.15) is 13.3 Å². The first-order chi connectivity index (χ1) is 4.46. The maximum atomic E-state index is 11.9. The van der Waals surface area contributed by atoms with Crippen LogP contribution in [0.4, 0.5) is 13.2 Å². The molecule has 2 nitrogen and oxygen atoms in total. The van der Waals surface area contributed by atoms with Crippen molar-refractivity contribution in [3.05, 3.63) is 0 Å². The van der Waals surface area contributed by atoms with E-state index in [1.165, 1.54) is 0 Å². The van der Waals surface area contributed by atoms with E-state index in [2.05, 4.69) is 9.78 Å². The molecule has 1 atom stereocenters. The predicted molar refractivity (Wildman–Crippen MR) is 26.1 cm³/mol. The summed E-state index contributed by atoms with van der Waals surface area (Å²) >= 11 is 0. The number of hydrogen-bond donors (Lipinski definition) is 0. The molecule has 0 aromatic rings. The lowest BCUT2D eigenvalue weighted by molar-refractivity contribution is -0.373. The Hall–Kier alpha value is -0.290. The van der Waals surface area contributed by atoms with Crippen molar-refractivity contribution in [3.8, 4) is 0 Å². The molecule has 0 aromatic heterocycles. The molecular formula is C5H7F3O2. The number of halogens is 3. The van der Waals surface area contributed by atoms with Gasteiger partial charge in [0.2, 0.25) is 0 Å². The molecule has 60 valence electrons. The van der Waals surface area contributed by atoms with Gasteiger partial charge in [-0.25, -0.2) is 9.78 Å². The van der Waals surface area contributed by atoms with Crippen molar-refractivity contribution in [3.63, 3.8) is 0 Å². The van der Waals surface area contributed by atoms with Crippen molar-refractivity contribution < 1.29 is 22.9 Å². The highest BCUT2D eigenvalue weighted by Gasteiger charge is 2.55. The topological polar surface area (TPSA) is 18.5 Å². The highest BCUT2D eigenvalue weighted by atomic mass is 19.4. The lowest BCUT2D eigenvalue weighted by Crippen LogP contribution is -2.41.